The Kier molecular flexibility index (Phi) is 9.52. The van der Waals surface area contributed by atoms with Crippen molar-refractivity contribution in [3.63, 3.8) is 0 Å². The second-order valence-electron chi connectivity index (χ2n) is 9.87. The molecule has 1 aliphatic heterocycles. The normalized spacial score (nSPS) is 19.5. The van der Waals surface area contributed by atoms with Gasteiger partial charge in [-0.05, 0) is 69.0 Å². The first kappa shape index (κ1) is 30.3. The summed E-state index contributed by atoms with van der Waals surface area (Å²) in [5, 5.41) is 10.3. The summed E-state index contributed by atoms with van der Waals surface area (Å²) in [4.78, 5) is 9.44. The predicted molar refractivity (Wildman–Crippen MR) is 155 cm³/mol. The lowest BCUT2D eigenvalue weighted by Gasteiger charge is -2.37. The van der Waals surface area contributed by atoms with E-state index < -0.39 is 10.1 Å². The van der Waals surface area contributed by atoms with Crippen LogP contribution in [0.4, 0.5) is 0 Å². The van der Waals surface area contributed by atoms with Crippen LogP contribution in [0, 0.1) is 6.92 Å². The molecule has 2 heterocycles. The van der Waals surface area contributed by atoms with Crippen molar-refractivity contribution in [2.75, 3.05) is 27.9 Å². The Bertz CT molecular complexity index is 1510. The second-order valence-corrected chi connectivity index (χ2v) is 11.3. The van der Waals surface area contributed by atoms with E-state index in [9.17, 15) is 13.5 Å². The summed E-state index contributed by atoms with van der Waals surface area (Å²) in [6.07, 6.45) is 3.73. The van der Waals surface area contributed by atoms with Crippen molar-refractivity contribution in [2.24, 2.45) is 4.99 Å². The Morgan fingerprint density at radius 1 is 0.951 bits per heavy atom. The van der Waals surface area contributed by atoms with Gasteiger partial charge in [0, 0.05) is 23.2 Å². The number of fused-ring (bicyclic) bond motifs is 3. The van der Waals surface area contributed by atoms with E-state index in [4.69, 9.17) is 28.5 Å². The summed E-state index contributed by atoms with van der Waals surface area (Å²) < 4.78 is 51.7. The van der Waals surface area contributed by atoms with E-state index in [-0.39, 0.29) is 23.0 Å². The molecule has 1 aliphatic carbocycles. The standard InChI is InChI=1S/C23H28N2O5.C7H8O3S/c1-5-30-20-10-15-16-9-14(26)6-7-18(16)25-22(17(15)11-19(20)27-2)13-8-21(28-3)23(29-4)24-12-13;1-6-2-4-7(5-3-6)11(8,9)10/h8,10-12,14,16,18,26H,5-7,9H2,1-4H3;2-5H,1H3,(H,8,9,10)/t14-,16-,18-;/m1./s1. The van der Waals surface area contributed by atoms with E-state index >= 15 is 0 Å². The van der Waals surface area contributed by atoms with Gasteiger partial charge >= 0.3 is 0 Å². The lowest BCUT2D eigenvalue weighted by atomic mass is 9.74. The van der Waals surface area contributed by atoms with Gasteiger partial charge in [0.15, 0.2) is 17.2 Å². The van der Waals surface area contributed by atoms with E-state index in [0.717, 1.165) is 40.8 Å². The van der Waals surface area contributed by atoms with E-state index in [0.29, 0.717) is 36.2 Å². The number of nitrogens with zero attached hydrogens (tertiary/aromatic N) is 2. The molecule has 0 spiro atoms. The molecule has 1 saturated carbocycles. The number of aryl methyl sites for hydroxylation is 1. The van der Waals surface area contributed by atoms with Crippen molar-refractivity contribution in [1.82, 2.24) is 4.98 Å². The topological polar surface area (TPSA) is 137 Å². The SMILES string of the molecule is CCOc1cc2c(cc1OC)C(c1cnc(OC)c(OC)c1)=N[C@@H]1CC[C@@H](O)C[C@H]21.Cc1ccc(S(=O)(=O)O)cc1. The molecule has 0 saturated heterocycles. The molecule has 1 aromatic heterocycles. The number of hydrogen-bond acceptors (Lipinski definition) is 9. The molecule has 1 fully saturated rings. The number of methoxy groups -OCH3 is 3. The summed E-state index contributed by atoms with van der Waals surface area (Å²) in [7, 11) is 0.773. The van der Waals surface area contributed by atoms with Gasteiger partial charge in [-0.15, -0.1) is 0 Å². The molecule has 0 amide bonds. The fraction of sp³-hybridized carbons (Fsp3) is 0.400. The zero-order chi connectivity index (χ0) is 29.7. The zero-order valence-electron chi connectivity index (χ0n) is 23.8. The van der Waals surface area contributed by atoms with E-state index in [2.05, 4.69) is 11.1 Å². The molecule has 3 aromatic rings. The molecule has 0 radical (unpaired) electrons. The Morgan fingerprint density at radius 3 is 2.27 bits per heavy atom. The number of pyridine rings is 1. The molecule has 11 heteroatoms. The van der Waals surface area contributed by atoms with E-state index in [1.807, 2.05) is 26.0 Å². The predicted octanol–water partition coefficient (Wildman–Crippen LogP) is 4.60. The van der Waals surface area contributed by atoms with Crippen LogP contribution in [0.2, 0.25) is 0 Å². The molecule has 2 aliphatic rings. The summed E-state index contributed by atoms with van der Waals surface area (Å²) in [6.45, 7) is 4.34. The first-order chi connectivity index (χ1) is 19.6. The molecular formula is C30H36N2O8S. The largest absolute Gasteiger partial charge is 0.493 e. The van der Waals surface area contributed by atoms with Gasteiger partial charge in [-0.1, -0.05) is 17.7 Å². The van der Waals surface area contributed by atoms with Gasteiger partial charge < -0.3 is 24.1 Å². The minimum absolute atomic E-state index is 0.0666. The maximum atomic E-state index is 10.5. The molecule has 0 bridgehead atoms. The van der Waals surface area contributed by atoms with Crippen molar-refractivity contribution < 1.29 is 37.0 Å². The molecular weight excluding hydrogens is 548 g/mol. The van der Waals surface area contributed by atoms with Gasteiger partial charge in [0.1, 0.15) is 0 Å². The number of benzene rings is 2. The highest BCUT2D eigenvalue weighted by Gasteiger charge is 2.37. The van der Waals surface area contributed by atoms with Crippen LogP contribution >= 0.6 is 0 Å². The minimum atomic E-state index is -4.02. The highest BCUT2D eigenvalue weighted by molar-refractivity contribution is 7.85. The third-order valence-electron chi connectivity index (χ3n) is 7.20. The average Bonchev–Trinajstić information content (AvgIpc) is 2.96. The Balaban J connectivity index is 0.000000296. The van der Waals surface area contributed by atoms with Gasteiger partial charge in [0.2, 0.25) is 0 Å². The molecule has 3 atom stereocenters. The fourth-order valence-electron chi connectivity index (χ4n) is 5.17. The summed E-state index contributed by atoms with van der Waals surface area (Å²) >= 11 is 0. The van der Waals surface area contributed by atoms with Crippen molar-refractivity contribution in [3.05, 3.63) is 70.9 Å². The molecule has 41 heavy (non-hydrogen) atoms. The third-order valence-corrected chi connectivity index (χ3v) is 8.06. The summed E-state index contributed by atoms with van der Waals surface area (Å²) in [5.41, 5.74) is 4.75. The van der Waals surface area contributed by atoms with E-state index in [1.54, 1.807) is 39.7 Å². The van der Waals surface area contributed by atoms with Crippen molar-refractivity contribution in [2.45, 2.75) is 56.1 Å². The minimum Gasteiger partial charge on any atom is -0.493 e. The maximum Gasteiger partial charge on any atom is 0.294 e. The monoisotopic (exact) mass is 584 g/mol. The lowest BCUT2D eigenvalue weighted by molar-refractivity contribution is 0.111. The maximum absolute atomic E-state index is 10.5. The van der Waals surface area contributed by atoms with Crippen molar-refractivity contribution in [3.8, 4) is 23.1 Å². The second kappa shape index (κ2) is 12.9. The number of ether oxygens (including phenoxy) is 4. The zero-order valence-corrected chi connectivity index (χ0v) is 24.6. The van der Waals surface area contributed by atoms with Gasteiger partial charge in [0.25, 0.3) is 16.0 Å². The van der Waals surface area contributed by atoms with E-state index in [1.165, 1.54) is 12.1 Å². The van der Waals surface area contributed by atoms with Gasteiger partial charge in [-0.25, -0.2) is 4.98 Å². The summed E-state index contributed by atoms with van der Waals surface area (Å²) in [6, 6.07) is 12.0. The van der Waals surface area contributed by atoms with Crippen LogP contribution in [0.15, 0.2) is 58.5 Å². The molecule has 0 unspecified atom stereocenters. The highest BCUT2D eigenvalue weighted by atomic mass is 32.2. The number of aliphatic imine (C=N–C) groups is 1. The van der Waals surface area contributed by atoms with Crippen molar-refractivity contribution >= 4 is 15.8 Å². The van der Waals surface area contributed by atoms with Crippen LogP contribution in [0.3, 0.4) is 0 Å². The Morgan fingerprint density at radius 2 is 1.66 bits per heavy atom. The molecule has 220 valence electrons. The van der Waals surface area contributed by atoms with Crippen LogP contribution in [-0.2, 0) is 10.1 Å². The number of aliphatic hydroxyl groups excluding tert-OH is 1. The smallest absolute Gasteiger partial charge is 0.294 e. The first-order valence-corrected chi connectivity index (χ1v) is 14.8. The van der Waals surface area contributed by atoms with Crippen LogP contribution in [0.1, 0.15) is 54.4 Å². The van der Waals surface area contributed by atoms with Crippen LogP contribution in [0.5, 0.6) is 23.1 Å². The molecule has 2 N–H and O–H groups in total. The fourth-order valence-corrected chi connectivity index (χ4v) is 5.65. The van der Waals surface area contributed by atoms with Gasteiger partial charge in [0.05, 0.1) is 50.7 Å². The third kappa shape index (κ3) is 6.80. The Hall–Kier alpha value is -3.67. The lowest BCUT2D eigenvalue weighted by Crippen LogP contribution is -2.34. The number of hydrogen-bond donors (Lipinski definition) is 2. The van der Waals surface area contributed by atoms with Crippen LogP contribution in [0.25, 0.3) is 0 Å². The van der Waals surface area contributed by atoms with Crippen LogP contribution in [-0.4, -0.2) is 68.9 Å². The average molecular weight is 585 g/mol. The van der Waals surface area contributed by atoms with Gasteiger partial charge in [-0.3, -0.25) is 9.55 Å². The summed E-state index contributed by atoms with van der Waals surface area (Å²) in [5.74, 6) is 2.50. The van der Waals surface area contributed by atoms with Gasteiger partial charge in [-0.2, -0.15) is 8.42 Å². The number of aliphatic hydroxyl groups is 1. The van der Waals surface area contributed by atoms with Crippen molar-refractivity contribution in [1.29, 1.82) is 0 Å². The number of aromatic nitrogens is 1. The van der Waals surface area contributed by atoms with Crippen LogP contribution < -0.4 is 18.9 Å². The number of rotatable bonds is 7. The Labute approximate surface area is 240 Å². The highest BCUT2D eigenvalue weighted by Crippen LogP contribution is 2.45. The molecule has 5 rings (SSSR count). The first-order valence-electron chi connectivity index (χ1n) is 13.3. The molecule has 2 aromatic carbocycles. The molecule has 10 nitrogen and oxygen atoms in total. The quantitative estimate of drug-likeness (QED) is 0.382.